The summed E-state index contributed by atoms with van der Waals surface area (Å²) in [6.07, 6.45) is 15.0. The average molecular weight is 372 g/mol. The number of hydrogen-bond acceptors (Lipinski definition) is 0. The molecule has 0 unspecified atom stereocenters. The van der Waals surface area contributed by atoms with Gasteiger partial charge in [-0.3, -0.25) is 0 Å². The van der Waals surface area contributed by atoms with Gasteiger partial charge in [-0.25, -0.2) is 0 Å². The van der Waals surface area contributed by atoms with E-state index in [1.54, 1.807) is 0 Å². The van der Waals surface area contributed by atoms with Crippen molar-refractivity contribution in [2.45, 2.75) is 89.4 Å². The van der Waals surface area contributed by atoms with Crippen LogP contribution in [-0.4, -0.2) is 8.07 Å². The van der Waals surface area contributed by atoms with Gasteiger partial charge in [-0.05, 0) is 0 Å². The molecular weight excluding hydrogens is 336 g/mol. The molecule has 1 saturated heterocycles. The Kier molecular flexibility index (Phi) is 12.3. The third kappa shape index (κ3) is 9.93. The van der Waals surface area contributed by atoms with Gasteiger partial charge in [0.2, 0.25) is 0 Å². The minimum atomic E-state index is -0.791. The van der Waals surface area contributed by atoms with Crippen molar-refractivity contribution < 1.29 is 26.2 Å². The fourth-order valence-electron chi connectivity index (χ4n) is 3.60. The van der Waals surface area contributed by atoms with E-state index in [1.165, 1.54) is 76.3 Å². The van der Waals surface area contributed by atoms with E-state index in [4.69, 9.17) is 0 Å². The monoisotopic (exact) mass is 370 g/mol. The van der Waals surface area contributed by atoms with Gasteiger partial charge in [0.05, 0.1) is 0 Å². The second kappa shape index (κ2) is 11.6. The topological polar surface area (TPSA) is 0 Å². The standard InChI is InChI=1S/C8H16Si.2C5H10.Zr/c1-7-5-9(3,4)6-8(7)2;2*1-2-4-5-3-1;/h7-8H,1-2,5-6H2,3-4H3;2*1-5H2;/q-2;;;+2/t7-,8-;;;/m0.../s1. The van der Waals surface area contributed by atoms with E-state index in [-0.39, 0.29) is 26.2 Å². The van der Waals surface area contributed by atoms with E-state index < -0.39 is 8.07 Å². The van der Waals surface area contributed by atoms with Gasteiger partial charge in [-0.1, -0.05) is 89.4 Å². The molecule has 0 aromatic rings. The molecule has 0 aromatic carbocycles. The molecule has 3 aliphatic rings. The summed E-state index contributed by atoms with van der Waals surface area (Å²) in [7, 11) is -0.791. The van der Waals surface area contributed by atoms with E-state index in [0.717, 1.165) is 0 Å². The van der Waals surface area contributed by atoms with E-state index in [0.29, 0.717) is 11.8 Å². The molecule has 0 nitrogen and oxygen atoms in total. The Morgan fingerprint density at radius 3 is 0.900 bits per heavy atom. The Bertz CT molecular complexity index is 182. The van der Waals surface area contributed by atoms with Crippen LogP contribution in [0, 0.1) is 25.7 Å². The van der Waals surface area contributed by atoms with Crippen LogP contribution < -0.4 is 0 Å². The van der Waals surface area contributed by atoms with Gasteiger partial charge in [0.1, 0.15) is 0 Å². The van der Waals surface area contributed by atoms with Gasteiger partial charge in [0.25, 0.3) is 0 Å². The zero-order chi connectivity index (χ0) is 14.1. The summed E-state index contributed by atoms with van der Waals surface area (Å²) in [5.74, 6) is 1.32. The Labute approximate surface area is 149 Å². The fourth-order valence-corrected chi connectivity index (χ4v) is 7.28. The maximum Gasteiger partial charge on any atom is 2.00 e. The maximum atomic E-state index is 4.09. The quantitative estimate of drug-likeness (QED) is 0.336. The van der Waals surface area contributed by atoms with E-state index in [2.05, 4.69) is 26.9 Å². The Balaban J connectivity index is 0.000000282. The molecule has 0 N–H and O–H groups in total. The van der Waals surface area contributed by atoms with Crippen molar-refractivity contribution in [1.29, 1.82) is 0 Å². The first-order valence-corrected chi connectivity index (χ1v) is 12.1. The van der Waals surface area contributed by atoms with Crippen LogP contribution in [-0.2, 0) is 26.2 Å². The number of rotatable bonds is 0. The first-order valence-electron chi connectivity index (χ1n) is 8.67. The summed E-state index contributed by atoms with van der Waals surface area (Å²) in [6.45, 7) is 13.1. The summed E-state index contributed by atoms with van der Waals surface area (Å²) >= 11 is 0. The maximum absolute atomic E-state index is 4.09. The van der Waals surface area contributed by atoms with Crippen LogP contribution in [0.4, 0.5) is 0 Å². The summed E-state index contributed by atoms with van der Waals surface area (Å²) in [4.78, 5) is 0. The molecular formula is C18H36SiZr. The van der Waals surface area contributed by atoms with Crippen LogP contribution >= 0.6 is 0 Å². The summed E-state index contributed by atoms with van der Waals surface area (Å²) in [5, 5.41) is 0. The number of hydrogen-bond donors (Lipinski definition) is 0. The zero-order valence-corrected chi connectivity index (χ0v) is 17.5. The molecule has 2 saturated carbocycles. The van der Waals surface area contributed by atoms with Crippen molar-refractivity contribution in [3.05, 3.63) is 13.8 Å². The van der Waals surface area contributed by atoms with Crippen LogP contribution in [0.3, 0.4) is 0 Å². The summed E-state index contributed by atoms with van der Waals surface area (Å²) in [5.41, 5.74) is 0. The van der Waals surface area contributed by atoms with Crippen molar-refractivity contribution in [2.24, 2.45) is 11.8 Å². The van der Waals surface area contributed by atoms with Gasteiger partial charge in [-0.2, -0.15) is 11.8 Å². The third-order valence-electron chi connectivity index (χ3n) is 4.80. The van der Waals surface area contributed by atoms with Crippen molar-refractivity contribution in [3.8, 4) is 0 Å². The SMILES string of the molecule is C1CCCC1.C1CCCC1.[CH2-][C@H]1C[Si](C)(C)C[C@@H]1[CH2-].[Zr+2]. The molecule has 3 fully saturated rings. The smallest absolute Gasteiger partial charge is 0.343 e. The molecule has 116 valence electrons. The van der Waals surface area contributed by atoms with Crippen LogP contribution in [0.5, 0.6) is 0 Å². The van der Waals surface area contributed by atoms with Crippen LogP contribution in [0.25, 0.3) is 0 Å². The van der Waals surface area contributed by atoms with Gasteiger partial charge < -0.3 is 13.8 Å². The molecule has 2 atom stereocenters. The third-order valence-corrected chi connectivity index (χ3v) is 8.06. The van der Waals surface area contributed by atoms with Crippen molar-refractivity contribution in [3.63, 3.8) is 0 Å². The first kappa shape index (κ1) is 21.1. The molecule has 2 heteroatoms. The molecule has 20 heavy (non-hydrogen) atoms. The molecule has 3 rings (SSSR count). The molecule has 0 bridgehead atoms. The first-order chi connectivity index (χ1) is 9.01. The molecule has 0 aromatic heterocycles. The van der Waals surface area contributed by atoms with E-state index >= 15 is 0 Å². The molecule has 2 aliphatic carbocycles. The predicted octanol–water partition coefficient (Wildman–Crippen LogP) is 6.51. The predicted molar refractivity (Wildman–Crippen MR) is 91.0 cm³/mol. The van der Waals surface area contributed by atoms with Crippen LogP contribution in [0.2, 0.25) is 25.2 Å². The second-order valence-electron chi connectivity index (χ2n) is 7.63. The Hall–Kier alpha value is 1.10. The molecule has 1 heterocycles. The van der Waals surface area contributed by atoms with Crippen LogP contribution in [0.1, 0.15) is 64.2 Å². The summed E-state index contributed by atoms with van der Waals surface area (Å²) < 4.78 is 0. The molecule has 0 spiro atoms. The minimum Gasteiger partial charge on any atom is -0.343 e. The Morgan fingerprint density at radius 2 is 0.800 bits per heavy atom. The van der Waals surface area contributed by atoms with E-state index in [1.807, 2.05) is 0 Å². The zero-order valence-electron chi connectivity index (χ0n) is 14.1. The van der Waals surface area contributed by atoms with Crippen molar-refractivity contribution in [2.75, 3.05) is 0 Å². The average Bonchev–Trinajstić information content (AvgIpc) is 3.08. The molecule has 0 radical (unpaired) electrons. The van der Waals surface area contributed by atoms with Gasteiger partial charge >= 0.3 is 26.2 Å². The largest absolute Gasteiger partial charge is 2.00 e. The molecule has 0 amide bonds. The van der Waals surface area contributed by atoms with Crippen molar-refractivity contribution >= 4 is 8.07 Å². The van der Waals surface area contributed by atoms with Gasteiger partial charge in [0.15, 0.2) is 0 Å². The van der Waals surface area contributed by atoms with E-state index in [9.17, 15) is 0 Å². The second-order valence-corrected chi connectivity index (χ2v) is 12.8. The fraction of sp³-hybridized carbons (Fsp3) is 0.889. The van der Waals surface area contributed by atoms with Crippen LogP contribution in [0.15, 0.2) is 0 Å². The van der Waals surface area contributed by atoms with Gasteiger partial charge in [-0.15, -0.1) is 0 Å². The molecule has 1 aliphatic heterocycles. The normalized spacial score (nSPS) is 30.6. The Morgan fingerprint density at radius 1 is 0.600 bits per heavy atom. The minimum absolute atomic E-state index is 0. The van der Waals surface area contributed by atoms with Crippen molar-refractivity contribution in [1.82, 2.24) is 0 Å². The summed E-state index contributed by atoms with van der Waals surface area (Å²) in [6, 6.07) is 2.78. The van der Waals surface area contributed by atoms with Gasteiger partial charge in [0, 0.05) is 8.07 Å².